The summed E-state index contributed by atoms with van der Waals surface area (Å²) in [6.07, 6.45) is 0. The number of nitrogen functional groups attached to an aromatic ring is 1. The zero-order valence-electron chi connectivity index (χ0n) is 9.05. The van der Waals surface area contributed by atoms with Crippen molar-refractivity contribution >= 4 is 27.8 Å². The lowest BCUT2D eigenvalue weighted by Crippen LogP contribution is -2.10. The van der Waals surface area contributed by atoms with Crippen molar-refractivity contribution in [2.45, 2.75) is 0 Å². The third-order valence-corrected chi connectivity index (χ3v) is 2.57. The van der Waals surface area contributed by atoms with Crippen LogP contribution in [0.4, 0.5) is 11.9 Å². The van der Waals surface area contributed by atoms with Gasteiger partial charge in [-0.2, -0.15) is 9.67 Å². The highest BCUT2D eigenvalue weighted by molar-refractivity contribution is 9.10. The summed E-state index contributed by atoms with van der Waals surface area (Å²) in [5.74, 6) is 0.972. The molecule has 16 heavy (non-hydrogen) atoms. The Morgan fingerprint density at radius 1 is 1.38 bits per heavy atom. The van der Waals surface area contributed by atoms with Crippen LogP contribution in [0.2, 0.25) is 0 Å². The van der Waals surface area contributed by atoms with Crippen LogP contribution in [0.15, 0.2) is 28.7 Å². The van der Waals surface area contributed by atoms with Crippen LogP contribution in [-0.2, 0) is 0 Å². The molecule has 0 bridgehead atoms. The number of halogens is 1. The second kappa shape index (κ2) is 4.13. The second-order valence-corrected chi connectivity index (χ2v) is 4.47. The maximum Gasteiger partial charge on any atom is 0.246 e. The molecule has 0 amide bonds. The van der Waals surface area contributed by atoms with Crippen LogP contribution in [0.5, 0.6) is 0 Å². The molecule has 0 aliphatic heterocycles. The van der Waals surface area contributed by atoms with E-state index < -0.39 is 0 Å². The summed E-state index contributed by atoms with van der Waals surface area (Å²) in [7, 11) is 3.75. The quantitative estimate of drug-likeness (QED) is 0.910. The molecule has 2 aromatic rings. The van der Waals surface area contributed by atoms with Crippen LogP contribution >= 0.6 is 15.9 Å². The summed E-state index contributed by atoms with van der Waals surface area (Å²) in [6.45, 7) is 0. The van der Waals surface area contributed by atoms with Crippen molar-refractivity contribution in [1.29, 1.82) is 0 Å². The van der Waals surface area contributed by atoms with Crippen molar-refractivity contribution in [1.82, 2.24) is 14.8 Å². The Bertz CT molecular complexity index is 506. The van der Waals surface area contributed by atoms with Gasteiger partial charge in [0, 0.05) is 18.6 Å². The Kier molecular flexibility index (Phi) is 2.82. The van der Waals surface area contributed by atoms with Gasteiger partial charge in [0.25, 0.3) is 0 Å². The molecule has 0 aliphatic rings. The van der Waals surface area contributed by atoms with E-state index in [0.717, 1.165) is 10.2 Å². The fourth-order valence-electron chi connectivity index (χ4n) is 1.30. The van der Waals surface area contributed by atoms with Crippen molar-refractivity contribution in [2.75, 3.05) is 24.7 Å². The molecule has 84 valence electrons. The predicted octanol–water partition coefficient (Wildman–Crippen LogP) is 1.68. The molecule has 0 aliphatic carbocycles. The second-order valence-electron chi connectivity index (χ2n) is 3.56. The molecule has 0 fully saturated rings. The van der Waals surface area contributed by atoms with Crippen molar-refractivity contribution in [3.05, 3.63) is 28.7 Å². The number of anilines is 2. The molecule has 1 aromatic carbocycles. The minimum Gasteiger partial charge on any atom is -0.368 e. The van der Waals surface area contributed by atoms with Crippen LogP contribution in [0.3, 0.4) is 0 Å². The van der Waals surface area contributed by atoms with Crippen molar-refractivity contribution in [3.63, 3.8) is 0 Å². The number of benzene rings is 1. The van der Waals surface area contributed by atoms with Gasteiger partial charge in [-0.15, -0.1) is 5.10 Å². The summed E-state index contributed by atoms with van der Waals surface area (Å²) in [5, 5.41) is 4.31. The molecular formula is C10H12BrN5. The van der Waals surface area contributed by atoms with E-state index in [4.69, 9.17) is 5.73 Å². The Hall–Kier alpha value is -1.56. The molecule has 0 saturated carbocycles. The fourth-order valence-corrected chi connectivity index (χ4v) is 1.69. The number of nitrogens with zero attached hydrogens (tertiary/aromatic N) is 4. The van der Waals surface area contributed by atoms with Gasteiger partial charge in [0.1, 0.15) is 0 Å². The number of hydrogen-bond donors (Lipinski definition) is 1. The van der Waals surface area contributed by atoms with Gasteiger partial charge < -0.3 is 10.6 Å². The summed E-state index contributed by atoms with van der Waals surface area (Å²) < 4.78 is 2.59. The molecule has 1 aromatic heterocycles. The molecule has 0 spiro atoms. The molecule has 2 rings (SSSR count). The molecule has 2 N–H and O–H groups in total. The largest absolute Gasteiger partial charge is 0.368 e. The summed E-state index contributed by atoms with van der Waals surface area (Å²) in [6, 6.07) is 7.74. The van der Waals surface area contributed by atoms with Crippen molar-refractivity contribution in [3.8, 4) is 5.69 Å². The zero-order valence-corrected chi connectivity index (χ0v) is 10.6. The molecule has 0 radical (unpaired) electrons. The van der Waals surface area contributed by atoms with E-state index >= 15 is 0 Å². The van der Waals surface area contributed by atoms with E-state index in [1.165, 1.54) is 0 Å². The smallest absolute Gasteiger partial charge is 0.246 e. The number of aromatic nitrogens is 3. The van der Waals surface area contributed by atoms with Gasteiger partial charge in [0.05, 0.1) is 5.69 Å². The topological polar surface area (TPSA) is 60.0 Å². The van der Waals surface area contributed by atoms with Gasteiger partial charge in [0.2, 0.25) is 11.9 Å². The Morgan fingerprint density at radius 2 is 2.12 bits per heavy atom. The Morgan fingerprint density at radius 3 is 2.69 bits per heavy atom. The first kappa shape index (κ1) is 10.9. The van der Waals surface area contributed by atoms with E-state index in [2.05, 4.69) is 26.0 Å². The first-order valence-electron chi connectivity index (χ1n) is 4.74. The molecule has 1 heterocycles. The van der Waals surface area contributed by atoms with E-state index in [-0.39, 0.29) is 0 Å². The van der Waals surface area contributed by atoms with Gasteiger partial charge >= 0.3 is 0 Å². The van der Waals surface area contributed by atoms with Crippen LogP contribution in [0, 0.1) is 0 Å². The lowest BCUT2D eigenvalue weighted by Gasteiger charge is -2.04. The number of rotatable bonds is 2. The highest BCUT2D eigenvalue weighted by Crippen LogP contribution is 2.18. The zero-order chi connectivity index (χ0) is 11.7. The van der Waals surface area contributed by atoms with E-state index in [1.807, 2.05) is 43.3 Å². The first-order valence-corrected chi connectivity index (χ1v) is 5.53. The van der Waals surface area contributed by atoms with Crippen LogP contribution in [0.1, 0.15) is 0 Å². The maximum absolute atomic E-state index is 5.81. The van der Waals surface area contributed by atoms with Gasteiger partial charge in [-0.25, -0.2) is 0 Å². The van der Waals surface area contributed by atoms with E-state index in [1.54, 1.807) is 4.68 Å². The highest BCUT2D eigenvalue weighted by Gasteiger charge is 2.09. The SMILES string of the molecule is CN(C)c1nc(N)n(-c2cccc(Br)c2)n1. The lowest BCUT2D eigenvalue weighted by atomic mass is 10.3. The molecular weight excluding hydrogens is 270 g/mol. The van der Waals surface area contributed by atoms with E-state index in [0.29, 0.717) is 11.9 Å². The summed E-state index contributed by atoms with van der Waals surface area (Å²) >= 11 is 3.41. The number of hydrogen-bond acceptors (Lipinski definition) is 4. The van der Waals surface area contributed by atoms with Crippen molar-refractivity contribution < 1.29 is 0 Å². The summed E-state index contributed by atoms with van der Waals surface area (Å²) in [4.78, 5) is 5.97. The Labute approximate surface area is 102 Å². The maximum atomic E-state index is 5.81. The fraction of sp³-hybridized carbons (Fsp3) is 0.200. The highest BCUT2D eigenvalue weighted by atomic mass is 79.9. The van der Waals surface area contributed by atoms with E-state index in [9.17, 15) is 0 Å². The third-order valence-electron chi connectivity index (χ3n) is 2.07. The lowest BCUT2D eigenvalue weighted by molar-refractivity contribution is 0.874. The molecule has 6 heteroatoms. The predicted molar refractivity (Wildman–Crippen MR) is 67.8 cm³/mol. The van der Waals surface area contributed by atoms with Crippen LogP contribution in [-0.4, -0.2) is 28.9 Å². The van der Waals surface area contributed by atoms with Gasteiger partial charge in [-0.1, -0.05) is 22.0 Å². The monoisotopic (exact) mass is 281 g/mol. The summed E-state index contributed by atoms with van der Waals surface area (Å²) in [5.41, 5.74) is 6.69. The standard InChI is InChI=1S/C10H12BrN5/c1-15(2)10-13-9(12)16(14-10)8-5-3-4-7(11)6-8/h3-6H,1-2H3,(H2,12,13,14). The first-order chi connectivity index (χ1) is 7.58. The average molecular weight is 282 g/mol. The number of nitrogens with two attached hydrogens (primary N) is 1. The third kappa shape index (κ3) is 2.01. The molecule has 5 nitrogen and oxygen atoms in total. The van der Waals surface area contributed by atoms with Crippen LogP contribution in [0.25, 0.3) is 5.69 Å². The Balaban J connectivity index is 2.48. The average Bonchev–Trinajstić information content (AvgIpc) is 2.60. The molecule has 0 unspecified atom stereocenters. The van der Waals surface area contributed by atoms with Crippen molar-refractivity contribution in [2.24, 2.45) is 0 Å². The molecule has 0 saturated heterocycles. The minimum atomic E-state index is 0.377. The van der Waals surface area contributed by atoms with Gasteiger partial charge in [-0.05, 0) is 18.2 Å². The minimum absolute atomic E-state index is 0.377. The van der Waals surface area contributed by atoms with Gasteiger partial charge in [-0.3, -0.25) is 0 Å². The van der Waals surface area contributed by atoms with Crippen LogP contribution < -0.4 is 10.6 Å². The van der Waals surface area contributed by atoms with Gasteiger partial charge in [0.15, 0.2) is 0 Å². The molecule has 0 atom stereocenters. The normalized spacial score (nSPS) is 10.4.